The maximum absolute atomic E-state index is 11.2. The zero-order valence-corrected chi connectivity index (χ0v) is 18.7. The van der Waals surface area contributed by atoms with Crippen molar-refractivity contribution in [3.05, 3.63) is 34.9 Å². The number of phenols is 1. The molecule has 0 saturated heterocycles. The van der Waals surface area contributed by atoms with Crippen molar-refractivity contribution in [1.29, 1.82) is 0 Å². The number of allylic oxidation sites excluding steroid dienone is 2. The highest BCUT2D eigenvalue weighted by Gasteiger charge is 2.54. The fourth-order valence-electron chi connectivity index (χ4n) is 6.12. The summed E-state index contributed by atoms with van der Waals surface area (Å²) in [5.41, 5.74) is 3.50. The van der Waals surface area contributed by atoms with Crippen LogP contribution in [0.3, 0.4) is 0 Å². The molecular formula is C26H38O2. The maximum atomic E-state index is 11.2. The van der Waals surface area contributed by atoms with E-state index in [2.05, 4.69) is 59.8 Å². The average molecular weight is 383 g/mol. The van der Waals surface area contributed by atoms with Gasteiger partial charge in [-0.1, -0.05) is 51.7 Å². The van der Waals surface area contributed by atoms with Crippen LogP contribution in [-0.4, -0.2) is 10.7 Å². The Labute approximate surface area is 171 Å². The second-order valence-corrected chi connectivity index (χ2v) is 11.0. The van der Waals surface area contributed by atoms with Gasteiger partial charge in [-0.2, -0.15) is 0 Å². The van der Waals surface area contributed by atoms with Crippen molar-refractivity contribution >= 4 is 0 Å². The summed E-state index contributed by atoms with van der Waals surface area (Å²) in [5, 5.41) is 11.2. The standard InChI is InChI=1S/C26H38O2/c1-17-12-13-26(6)20(14-17)23-21(27)15-19(16-22(23)28-25(26,4)5)24(2,3)18-10-8-7-9-11-18/h12,15-16,18,20,27H,7-11,13-14H2,1-6H3/t20-,26+/m0/s1. The van der Waals surface area contributed by atoms with Gasteiger partial charge in [-0.15, -0.1) is 0 Å². The number of rotatable bonds is 2. The Hall–Kier alpha value is -1.44. The molecule has 1 aromatic carbocycles. The Kier molecular flexibility index (Phi) is 4.64. The van der Waals surface area contributed by atoms with Crippen molar-refractivity contribution in [3.8, 4) is 11.5 Å². The lowest BCUT2D eigenvalue weighted by Crippen LogP contribution is -2.53. The fourth-order valence-corrected chi connectivity index (χ4v) is 6.12. The minimum atomic E-state index is -0.262. The predicted molar refractivity (Wildman–Crippen MR) is 116 cm³/mol. The molecule has 1 N–H and O–H groups in total. The van der Waals surface area contributed by atoms with E-state index >= 15 is 0 Å². The lowest BCUT2D eigenvalue weighted by molar-refractivity contribution is -0.0610. The minimum Gasteiger partial charge on any atom is -0.508 e. The Morgan fingerprint density at radius 2 is 1.75 bits per heavy atom. The van der Waals surface area contributed by atoms with Crippen LogP contribution in [-0.2, 0) is 5.41 Å². The molecular weight excluding hydrogens is 344 g/mol. The number of phenolic OH excluding ortho intramolecular Hbond substituents is 1. The molecule has 1 fully saturated rings. The zero-order valence-electron chi connectivity index (χ0n) is 18.7. The molecule has 0 spiro atoms. The summed E-state index contributed by atoms with van der Waals surface area (Å²) in [6.45, 7) is 13.7. The van der Waals surface area contributed by atoms with Gasteiger partial charge in [0.25, 0.3) is 0 Å². The van der Waals surface area contributed by atoms with Crippen LogP contribution in [0.15, 0.2) is 23.8 Å². The lowest BCUT2D eigenvalue weighted by Gasteiger charge is -2.55. The van der Waals surface area contributed by atoms with E-state index in [1.165, 1.54) is 43.2 Å². The zero-order chi connectivity index (χ0) is 20.3. The predicted octanol–water partition coefficient (Wildman–Crippen LogP) is 7.25. The summed E-state index contributed by atoms with van der Waals surface area (Å²) in [6, 6.07) is 4.32. The summed E-state index contributed by atoms with van der Waals surface area (Å²) in [7, 11) is 0. The summed E-state index contributed by atoms with van der Waals surface area (Å²) in [4.78, 5) is 0. The molecule has 28 heavy (non-hydrogen) atoms. The molecule has 3 aliphatic rings. The van der Waals surface area contributed by atoms with Gasteiger partial charge in [0.1, 0.15) is 17.1 Å². The first kappa shape index (κ1) is 19.9. The number of hydrogen-bond donors (Lipinski definition) is 1. The molecule has 0 aromatic heterocycles. The third kappa shape index (κ3) is 2.90. The molecule has 2 aliphatic carbocycles. The topological polar surface area (TPSA) is 29.5 Å². The van der Waals surface area contributed by atoms with E-state index in [0.717, 1.165) is 24.2 Å². The maximum Gasteiger partial charge on any atom is 0.127 e. The smallest absolute Gasteiger partial charge is 0.127 e. The van der Waals surface area contributed by atoms with Crippen LogP contribution in [0.1, 0.15) is 104 Å². The normalized spacial score (nSPS) is 30.1. The Bertz CT molecular complexity index is 795. The molecule has 1 aromatic rings. The van der Waals surface area contributed by atoms with Gasteiger partial charge < -0.3 is 9.84 Å². The highest BCUT2D eigenvalue weighted by molar-refractivity contribution is 5.55. The van der Waals surface area contributed by atoms with E-state index in [9.17, 15) is 5.11 Å². The van der Waals surface area contributed by atoms with E-state index in [4.69, 9.17) is 4.74 Å². The molecule has 2 atom stereocenters. The van der Waals surface area contributed by atoms with Crippen molar-refractivity contribution in [2.45, 2.75) is 103 Å². The molecule has 1 aliphatic heterocycles. The summed E-state index contributed by atoms with van der Waals surface area (Å²) in [6.07, 6.45) is 11.0. The lowest BCUT2D eigenvalue weighted by atomic mass is 9.56. The van der Waals surface area contributed by atoms with Crippen LogP contribution in [0, 0.1) is 11.3 Å². The van der Waals surface area contributed by atoms with Crippen LogP contribution in [0.4, 0.5) is 0 Å². The van der Waals surface area contributed by atoms with E-state index in [-0.39, 0.29) is 16.4 Å². The first-order valence-electron chi connectivity index (χ1n) is 11.3. The molecule has 154 valence electrons. The molecule has 0 bridgehead atoms. The number of fused-ring (bicyclic) bond motifs is 3. The van der Waals surface area contributed by atoms with Crippen molar-refractivity contribution in [2.75, 3.05) is 0 Å². The molecule has 1 heterocycles. The number of hydrogen-bond acceptors (Lipinski definition) is 2. The van der Waals surface area contributed by atoms with Gasteiger partial charge in [0.2, 0.25) is 0 Å². The van der Waals surface area contributed by atoms with Crippen LogP contribution >= 0.6 is 0 Å². The van der Waals surface area contributed by atoms with Gasteiger partial charge >= 0.3 is 0 Å². The molecule has 2 heteroatoms. The quantitative estimate of drug-likeness (QED) is 0.546. The Morgan fingerprint density at radius 3 is 2.43 bits per heavy atom. The Morgan fingerprint density at radius 1 is 1.07 bits per heavy atom. The summed E-state index contributed by atoms with van der Waals surface area (Å²) in [5.74, 6) is 2.35. The van der Waals surface area contributed by atoms with E-state index in [0.29, 0.717) is 17.6 Å². The van der Waals surface area contributed by atoms with Crippen LogP contribution in [0.25, 0.3) is 0 Å². The number of benzene rings is 1. The third-order valence-corrected chi connectivity index (χ3v) is 8.75. The average Bonchev–Trinajstić information content (AvgIpc) is 2.63. The molecule has 4 rings (SSSR count). The van der Waals surface area contributed by atoms with Gasteiger partial charge in [-0.3, -0.25) is 0 Å². The second-order valence-electron chi connectivity index (χ2n) is 11.0. The first-order chi connectivity index (χ1) is 13.1. The largest absolute Gasteiger partial charge is 0.508 e. The van der Waals surface area contributed by atoms with E-state index < -0.39 is 0 Å². The number of aromatic hydroxyl groups is 1. The van der Waals surface area contributed by atoms with Crippen LogP contribution < -0.4 is 4.74 Å². The first-order valence-corrected chi connectivity index (χ1v) is 11.3. The molecule has 0 amide bonds. The second kappa shape index (κ2) is 6.54. The van der Waals surface area contributed by atoms with E-state index in [1.54, 1.807) is 0 Å². The highest BCUT2D eigenvalue weighted by Crippen LogP contribution is 2.61. The minimum absolute atomic E-state index is 0.00259. The van der Waals surface area contributed by atoms with E-state index in [1.807, 2.05) is 0 Å². The summed E-state index contributed by atoms with van der Waals surface area (Å²) >= 11 is 0. The monoisotopic (exact) mass is 382 g/mol. The molecule has 0 unspecified atom stereocenters. The van der Waals surface area contributed by atoms with Gasteiger partial charge in [-0.25, -0.2) is 0 Å². The fraction of sp³-hybridized carbons (Fsp3) is 0.692. The van der Waals surface area contributed by atoms with Gasteiger partial charge in [0.05, 0.1) is 0 Å². The van der Waals surface area contributed by atoms with Gasteiger partial charge in [0.15, 0.2) is 0 Å². The molecule has 1 saturated carbocycles. The number of ether oxygens (including phenoxy) is 1. The van der Waals surface area contributed by atoms with Crippen molar-refractivity contribution in [1.82, 2.24) is 0 Å². The van der Waals surface area contributed by atoms with Gasteiger partial charge in [-0.05, 0) is 75.5 Å². The van der Waals surface area contributed by atoms with Crippen molar-refractivity contribution < 1.29 is 9.84 Å². The summed E-state index contributed by atoms with van der Waals surface area (Å²) < 4.78 is 6.64. The SMILES string of the molecule is CC1=CC[C@]2(C)[C@@H](C1)c1c(O)cc(C(C)(C)C3CCCCC3)cc1OC2(C)C. The highest BCUT2D eigenvalue weighted by atomic mass is 16.5. The Balaban J connectivity index is 1.80. The molecule has 0 radical (unpaired) electrons. The van der Waals surface area contributed by atoms with Gasteiger partial charge in [0, 0.05) is 16.9 Å². The molecule has 2 nitrogen and oxygen atoms in total. The van der Waals surface area contributed by atoms with Crippen molar-refractivity contribution in [2.24, 2.45) is 11.3 Å². The van der Waals surface area contributed by atoms with Crippen molar-refractivity contribution in [3.63, 3.8) is 0 Å². The van der Waals surface area contributed by atoms with Crippen LogP contribution in [0.5, 0.6) is 11.5 Å². The van der Waals surface area contributed by atoms with Crippen LogP contribution in [0.2, 0.25) is 0 Å². The third-order valence-electron chi connectivity index (χ3n) is 8.75.